The molecule has 0 saturated carbocycles. The van der Waals surface area contributed by atoms with Crippen molar-refractivity contribution in [3.8, 4) is 0 Å². The third-order valence-corrected chi connectivity index (χ3v) is 3.08. The molecule has 0 aliphatic heterocycles. The van der Waals surface area contributed by atoms with E-state index < -0.39 is 29.3 Å². The molecule has 7 heteroatoms. The summed E-state index contributed by atoms with van der Waals surface area (Å²) in [5, 5.41) is 11.1. The van der Waals surface area contributed by atoms with E-state index in [1.807, 2.05) is 6.26 Å². The number of hydrogen-bond acceptors (Lipinski definition) is 4. The molecule has 4 N–H and O–H groups in total. The van der Waals surface area contributed by atoms with Gasteiger partial charge in [-0.05, 0) is 36.6 Å². The molecule has 0 heterocycles. The molecule has 1 aromatic carbocycles. The number of nitrogens with one attached hydrogen (secondary N) is 1. The van der Waals surface area contributed by atoms with Crippen LogP contribution in [0, 0.1) is 5.82 Å². The molecule has 1 amide bonds. The van der Waals surface area contributed by atoms with E-state index in [0.717, 1.165) is 17.9 Å². The Morgan fingerprint density at radius 3 is 2.74 bits per heavy atom. The fraction of sp³-hybridized carbons (Fsp3) is 0.333. The van der Waals surface area contributed by atoms with E-state index >= 15 is 0 Å². The second-order valence-corrected chi connectivity index (χ2v) is 4.86. The number of hydrogen-bond donors (Lipinski definition) is 3. The first kappa shape index (κ1) is 15.5. The minimum atomic E-state index is -1.35. The summed E-state index contributed by atoms with van der Waals surface area (Å²) in [5.41, 5.74) is 5.40. The lowest BCUT2D eigenvalue weighted by molar-refractivity contribution is -0.117. The van der Waals surface area contributed by atoms with Crippen LogP contribution in [-0.4, -0.2) is 35.0 Å². The SMILES string of the molecule is CSCC[C@@H](N)C(=O)Nc1ccc(C(=O)O)c(F)c1. The topological polar surface area (TPSA) is 92.4 Å². The lowest BCUT2D eigenvalue weighted by atomic mass is 10.1. The number of halogens is 1. The van der Waals surface area contributed by atoms with E-state index in [1.54, 1.807) is 11.8 Å². The summed E-state index contributed by atoms with van der Waals surface area (Å²) in [6.45, 7) is 0. The van der Waals surface area contributed by atoms with Crippen LogP contribution in [0.3, 0.4) is 0 Å². The quantitative estimate of drug-likeness (QED) is 0.737. The van der Waals surface area contributed by atoms with Crippen molar-refractivity contribution in [3.05, 3.63) is 29.6 Å². The normalized spacial score (nSPS) is 11.9. The van der Waals surface area contributed by atoms with Crippen LogP contribution in [-0.2, 0) is 4.79 Å². The van der Waals surface area contributed by atoms with Gasteiger partial charge in [-0.2, -0.15) is 11.8 Å². The lowest BCUT2D eigenvalue weighted by Crippen LogP contribution is -2.36. The summed E-state index contributed by atoms with van der Waals surface area (Å²) < 4.78 is 13.4. The molecule has 5 nitrogen and oxygen atoms in total. The molecule has 0 aliphatic rings. The number of nitrogens with two attached hydrogens (primary N) is 1. The molecular weight excluding hydrogens is 271 g/mol. The zero-order chi connectivity index (χ0) is 14.4. The summed E-state index contributed by atoms with van der Waals surface area (Å²) in [6, 6.07) is 2.71. The minimum absolute atomic E-state index is 0.187. The van der Waals surface area contributed by atoms with Crippen molar-refractivity contribution in [1.29, 1.82) is 0 Å². The number of rotatable bonds is 6. The predicted molar refractivity (Wildman–Crippen MR) is 73.0 cm³/mol. The van der Waals surface area contributed by atoms with Crippen LogP contribution in [0.15, 0.2) is 18.2 Å². The highest BCUT2D eigenvalue weighted by Crippen LogP contribution is 2.15. The van der Waals surface area contributed by atoms with Gasteiger partial charge in [-0.3, -0.25) is 4.79 Å². The van der Waals surface area contributed by atoms with Crippen molar-refractivity contribution in [2.45, 2.75) is 12.5 Å². The van der Waals surface area contributed by atoms with Crippen molar-refractivity contribution in [1.82, 2.24) is 0 Å². The van der Waals surface area contributed by atoms with Crippen LogP contribution < -0.4 is 11.1 Å². The maximum Gasteiger partial charge on any atom is 0.338 e. The molecule has 0 saturated heterocycles. The number of benzene rings is 1. The predicted octanol–water partition coefficient (Wildman–Crippen LogP) is 1.54. The van der Waals surface area contributed by atoms with Gasteiger partial charge in [0.2, 0.25) is 5.91 Å². The van der Waals surface area contributed by atoms with Gasteiger partial charge in [-0.15, -0.1) is 0 Å². The zero-order valence-corrected chi connectivity index (χ0v) is 11.2. The molecular formula is C12H15FN2O3S. The molecule has 0 aliphatic carbocycles. The van der Waals surface area contributed by atoms with Crippen LogP contribution in [0.2, 0.25) is 0 Å². The molecule has 1 atom stereocenters. The smallest absolute Gasteiger partial charge is 0.338 e. The van der Waals surface area contributed by atoms with Crippen molar-refractivity contribution < 1.29 is 19.1 Å². The molecule has 0 fully saturated rings. The number of anilines is 1. The van der Waals surface area contributed by atoms with Crippen LogP contribution in [0.5, 0.6) is 0 Å². The average molecular weight is 286 g/mol. The Morgan fingerprint density at radius 2 is 2.21 bits per heavy atom. The van der Waals surface area contributed by atoms with Crippen LogP contribution >= 0.6 is 11.8 Å². The molecule has 0 bridgehead atoms. The van der Waals surface area contributed by atoms with E-state index in [1.165, 1.54) is 6.07 Å². The van der Waals surface area contributed by atoms with Gasteiger partial charge in [0, 0.05) is 5.69 Å². The number of carboxylic acids is 1. The Labute approximate surface area is 114 Å². The summed E-state index contributed by atoms with van der Waals surface area (Å²) in [4.78, 5) is 22.3. The molecule has 104 valence electrons. The van der Waals surface area contributed by atoms with E-state index in [4.69, 9.17) is 10.8 Å². The van der Waals surface area contributed by atoms with E-state index in [9.17, 15) is 14.0 Å². The van der Waals surface area contributed by atoms with Crippen LogP contribution in [0.4, 0.5) is 10.1 Å². The molecule has 0 unspecified atom stereocenters. The third-order valence-electron chi connectivity index (χ3n) is 2.44. The number of carbonyl (C=O) groups is 2. The molecule has 1 rings (SSSR count). The Morgan fingerprint density at radius 1 is 1.53 bits per heavy atom. The largest absolute Gasteiger partial charge is 0.478 e. The van der Waals surface area contributed by atoms with Gasteiger partial charge >= 0.3 is 5.97 Å². The summed E-state index contributed by atoms with van der Waals surface area (Å²) in [7, 11) is 0. The second-order valence-electron chi connectivity index (χ2n) is 3.88. The average Bonchev–Trinajstić information content (AvgIpc) is 2.35. The molecule has 0 radical (unpaired) electrons. The fourth-order valence-electron chi connectivity index (χ4n) is 1.38. The molecule has 0 spiro atoms. The fourth-order valence-corrected chi connectivity index (χ4v) is 1.87. The maximum absolute atomic E-state index is 13.4. The summed E-state index contributed by atoms with van der Waals surface area (Å²) in [5.74, 6) is -1.92. The van der Waals surface area contributed by atoms with Gasteiger partial charge in [-0.25, -0.2) is 9.18 Å². The first-order valence-corrected chi connectivity index (χ1v) is 6.93. The van der Waals surface area contributed by atoms with Crippen molar-refractivity contribution in [3.63, 3.8) is 0 Å². The van der Waals surface area contributed by atoms with E-state index in [2.05, 4.69) is 5.32 Å². The molecule has 0 aromatic heterocycles. The van der Waals surface area contributed by atoms with Gasteiger partial charge in [0.15, 0.2) is 0 Å². The van der Waals surface area contributed by atoms with Gasteiger partial charge in [0.05, 0.1) is 11.6 Å². The highest BCUT2D eigenvalue weighted by molar-refractivity contribution is 7.98. The van der Waals surface area contributed by atoms with Gasteiger partial charge in [-0.1, -0.05) is 0 Å². The minimum Gasteiger partial charge on any atom is -0.478 e. The lowest BCUT2D eigenvalue weighted by Gasteiger charge is -2.12. The summed E-state index contributed by atoms with van der Waals surface area (Å²) in [6.07, 6.45) is 2.42. The number of thioether (sulfide) groups is 1. The van der Waals surface area contributed by atoms with Crippen LogP contribution in [0.25, 0.3) is 0 Å². The summed E-state index contributed by atoms with van der Waals surface area (Å²) >= 11 is 1.58. The van der Waals surface area contributed by atoms with E-state index in [0.29, 0.717) is 6.42 Å². The number of carbonyl (C=O) groups excluding carboxylic acids is 1. The zero-order valence-electron chi connectivity index (χ0n) is 10.4. The first-order valence-electron chi connectivity index (χ1n) is 5.54. The van der Waals surface area contributed by atoms with Gasteiger partial charge in [0.1, 0.15) is 5.82 Å². The van der Waals surface area contributed by atoms with Gasteiger partial charge < -0.3 is 16.2 Å². The van der Waals surface area contributed by atoms with Crippen molar-refractivity contribution in [2.75, 3.05) is 17.3 Å². The van der Waals surface area contributed by atoms with Crippen LogP contribution in [0.1, 0.15) is 16.8 Å². The van der Waals surface area contributed by atoms with Gasteiger partial charge in [0.25, 0.3) is 0 Å². The third kappa shape index (κ3) is 4.53. The molecule has 1 aromatic rings. The Bertz CT molecular complexity index is 482. The van der Waals surface area contributed by atoms with Crippen molar-refractivity contribution in [2.24, 2.45) is 5.73 Å². The Hall–Kier alpha value is -1.60. The number of amides is 1. The number of aromatic carboxylic acids is 1. The number of carboxylic acid groups (broad SMARTS) is 1. The van der Waals surface area contributed by atoms with E-state index in [-0.39, 0.29) is 5.69 Å². The molecule has 19 heavy (non-hydrogen) atoms. The highest BCUT2D eigenvalue weighted by Gasteiger charge is 2.15. The monoisotopic (exact) mass is 286 g/mol. The second kappa shape index (κ2) is 7.10. The Balaban J connectivity index is 2.70. The maximum atomic E-state index is 13.4. The van der Waals surface area contributed by atoms with Crippen molar-refractivity contribution >= 4 is 29.3 Å². The first-order chi connectivity index (χ1) is 8.95. The highest BCUT2D eigenvalue weighted by atomic mass is 32.2. The standard InChI is InChI=1S/C12H15FN2O3S/c1-19-5-4-10(14)11(16)15-7-2-3-8(12(17)18)9(13)6-7/h2-3,6,10H,4-5,14H2,1H3,(H,15,16)(H,17,18)/t10-/m1/s1. The Kier molecular flexibility index (Phi) is 5.78.